The van der Waals surface area contributed by atoms with Crippen LogP contribution in [-0.4, -0.2) is 43.8 Å². The molecule has 0 aliphatic carbocycles. The standard InChI is InChI=1S/C12H16FN3O4S/c1-15(9-5-7-14-8-6-9)21(19,20)11-4-2-3-10(13)12(11)16(17)18/h2-4,9,14H,5-8H2,1H3. The van der Waals surface area contributed by atoms with Crippen LogP contribution in [0.3, 0.4) is 0 Å². The highest BCUT2D eigenvalue weighted by Gasteiger charge is 2.35. The molecule has 1 heterocycles. The average Bonchev–Trinajstić information content (AvgIpc) is 2.46. The van der Waals surface area contributed by atoms with E-state index in [1.165, 1.54) is 7.05 Å². The molecular formula is C12H16FN3O4S. The van der Waals surface area contributed by atoms with E-state index < -0.39 is 31.3 Å². The molecule has 0 radical (unpaired) electrons. The monoisotopic (exact) mass is 317 g/mol. The molecule has 0 amide bonds. The molecule has 0 spiro atoms. The van der Waals surface area contributed by atoms with Gasteiger partial charge in [0, 0.05) is 13.1 Å². The minimum atomic E-state index is -4.11. The van der Waals surface area contributed by atoms with Crippen molar-refractivity contribution in [1.82, 2.24) is 9.62 Å². The van der Waals surface area contributed by atoms with E-state index in [1.807, 2.05) is 0 Å². The molecule has 0 bridgehead atoms. The molecule has 0 aromatic heterocycles. The Balaban J connectivity index is 2.44. The molecule has 9 heteroatoms. The van der Waals surface area contributed by atoms with Crippen molar-refractivity contribution in [3.63, 3.8) is 0 Å². The van der Waals surface area contributed by atoms with Crippen LogP contribution in [0.1, 0.15) is 12.8 Å². The quantitative estimate of drug-likeness (QED) is 0.663. The van der Waals surface area contributed by atoms with Crippen molar-refractivity contribution in [2.75, 3.05) is 20.1 Å². The highest BCUT2D eigenvalue weighted by atomic mass is 32.2. The Bertz CT molecular complexity index is 644. The molecule has 0 saturated carbocycles. The summed E-state index contributed by atoms with van der Waals surface area (Å²) >= 11 is 0. The van der Waals surface area contributed by atoms with Crippen LogP contribution in [0.5, 0.6) is 0 Å². The Hall–Kier alpha value is -1.58. The number of nitrogens with one attached hydrogen (secondary N) is 1. The third-order valence-corrected chi connectivity index (χ3v) is 5.55. The second-order valence-electron chi connectivity index (χ2n) is 4.85. The maximum atomic E-state index is 13.6. The van der Waals surface area contributed by atoms with Gasteiger partial charge >= 0.3 is 5.69 Å². The van der Waals surface area contributed by atoms with E-state index in [9.17, 15) is 22.9 Å². The molecule has 1 aliphatic heterocycles. The van der Waals surface area contributed by atoms with Crippen LogP contribution < -0.4 is 5.32 Å². The van der Waals surface area contributed by atoms with Gasteiger partial charge in [-0.25, -0.2) is 8.42 Å². The van der Waals surface area contributed by atoms with Gasteiger partial charge in [0.1, 0.15) is 0 Å². The van der Waals surface area contributed by atoms with E-state index in [4.69, 9.17) is 0 Å². The van der Waals surface area contributed by atoms with Crippen molar-refractivity contribution in [3.05, 3.63) is 34.1 Å². The fraction of sp³-hybridized carbons (Fsp3) is 0.500. The van der Waals surface area contributed by atoms with Crippen LogP contribution >= 0.6 is 0 Å². The van der Waals surface area contributed by atoms with Crippen LogP contribution in [0.15, 0.2) is 23.1 Å². The molecule has 1 fully saturated rings. The summed E-state index contributed by atoms with van der Waals surface area (Å²) in [7, 11) is -2.74. The molecule has 2 rings (SSSR count). The first kappa shape index (κ1) is 15.8. The number of rotatable bonds is 4. The smallest absolute Gasteiger partial charge is 0.317 e. The average molecular weight is 317 g/mol. The van der Waals surface area contributed by atoms with Gasteiger partial charge < -0.3 is 5.32 Å². The van der Waals surface area contributed by atoms with Gasteiger partial charge in [0.25, 0.3) is 0 Å². The van der Waals surface area contributed by atoms with E-state index in [2.05, 4.69) is 5.32 Å². The minimum absolute atomic E-state index is 0.251. The van der Waals surface area contributed by atoms with Crippen molar-refractivity contribution < 1.29 is 17.7 Å². The van der Waals surface area contributed by atoms with E-state index in [0.29, 0.717) is 25.9 Å². The minimum Gasteiger partial charge on any atom is -0.317 e. The molecule has 7 nitrogen and oxygen atoms in total. The summed E-state index contributed by atoms with van der Waals surface area (Å²) in [5.74, 6) is -1.15. The van der Waals surface area contributed by atoms with Gasteiger partial charge in [-0.2, -0.15) is 8.70 Å². The Morgan fingerprint density at radius 1 is 1.38 bits per heavy atom. The predicted molar refractivity (Wildman–Crippen MR) is 73.9 cm³/mol. The number of para-hydroxylation sites is 1. The topological polar surface area (TPSA) is 92.6 Å². The third-order valence-electron chi connectivity index (χ3n) is 3.61. The van der Waals surface area contributed by atoms with Gasteiger partial charge in [-0.05, 0) is 38.1 Å². The number of hydrogen-bond acceptors (Lipinski definition) is 5. The van der Waals surface area contributed by atoms with Gasteiger partial charge in [-0.3, -0.25) is 10.1 Å². The van der Waals surface area contributed by atoms with Crippen molar-refractivity contribution in [2.24, 2.45) is 0 Å². The van der Waals surface area contributed by atoms with Crippen LogP contribution in [0, 0.1) is 15.9 Å². The van der Waals surface area contributed by atoms with Gasteiger partial charge in [0.2, 0.25) is 15.8 Å². The van der Waals surface area contributed by atoms with Crippen LogP contribution in [-0.2, 0) is 10.0 Å². The lowest BCUT2D eigenvalue weighted by molar-refractivity contribution is -0.390. The van der Waals surface area contributed by atoms with Gasteiger partial charge in [-0.15, -0.1) is 0 Å². The van der Waals surface area contributed by atoms with E-state index in [0.717, 1.165) is 22.5 Å². The summed E-state index contributed by atoms with van der Waals surface area (Å²) in [4.78, 5) is 9.36. The largest absolute Gasteiger partial charge is 0.324 e. The summed E-state index contributed by atoms with van der Waals surface area (Å²) < 4.78 is 39.8. The first-order valence-electron chi connectivity index (χ1n) is 6.47. The fourth-order valence-corrected chi connectivity index (χ4v) is 3.98. The van der Waals surface area contributed by atoms with Crippen molar-refractivity contribution in [2.45, 2.75) is 23.8 Å². The van der Waals surface area contributed by atoms with Crippen molar-refractivity contribution in [3.8, 4) is 0 Å². The molecule has 116 valence electrons. The molecule has 1 aromatic carbocycles. The SMILES string of the molecule is CN(C1CCNCC1)S(=O)(=O)c1cccc(F)c1[N+](=O)[O-]. The summed E-state index contributed by atoms with van der Waals surface area (Å²) in [6.45, 7) is 1.35. The molecule has 1 saturated heterocycles. The fourth-order valence-electron chi connectivity index (χ4n) is 2.40. The highest BCUT2D eigenvalue weighted by Crippen LogP contribution is 2.30. The normalized spacial score (nSPS) is 17.1. The second-order valence-corrected chi connectivity index (χ2v) is 6.81. The molecule has 21 heavy (non-hydrogen) atoms. The number of piperidine rings is 1. The summed E-state index contributed by atoms with van der Waals surface area (Å²) in [6.07, 6.45) is 1.22. The Labute approximate surface area is 122 Å². The zero-order chi connectivity index (χ0) is 15.6. The number of nitro benzene ring substituents is 1. The van der Waals surface area contributed by atoms with Gasteiger partial charge in [-0.1, -0.05) is 6.07 Å². The molecule has 0 atom stereocenters. The zero-order valence-corrected chi connectivity index (χ0v) is 12.3. The lowest BCUT2D eigenvalue weighted by atomic mass is 10.1. The Morgan fingerprint density at radius 3 is 2.57 bits per heavy atom. The molecule has 1 aliphatic rings. The summed E-state index contributed by atoms with van der Waals surface area (Å²) in [5, 5.41) is 14.1. The number of nitrogens with zero attached hydrogens (tertiary/aromatic N) is 2. The Kier molecular flexibility index (Phi) is 4.55. The van der Waals surface area contributed by atoms with Crippen LogP contribution in [0.25, 0.3) is 0 Å². The third kappa shape index (κ3) is 3.04. The first-order chi connectivity index (χ1) is 9.85. The first-order valence-corrected chi connectivity index (χ1v) is 7.91. The molecule has 0 unspecified atom stereocenters. The molecular weight excluding hydrogens is 301 g/mol. The number of sulfonamides is 1. The molecule has 1 aromatic rings. The number of hydrogen-bond donors (Lipinski definition) is 1. The summed E-state index contributed by atoms with van der Waals surface area (Å²) in [5.41, 5.74) is -1.00. The van der Waals surface area contributed by atoms with Crippen molar-refractivity contribution in [1.29, 1.82) is 0 Å². The highest BCUT2D eigenvalue weighted by molar-refractivity contribution is 7.89. The lowest BCUT2D eigenvalue weighted by Crippen LogP contribution is -2.44. The maximum Gasteiger partial charge on any atom is 0.324 e. The second kappa shape index (κ2) is 6.04. The molecule has 1 N–H and O–H groups in total. The maximum absolute atomic E-state index is 13.6. The number of benzene rings is 1. The van der Waals surface area contributed by atoms with Crippen molar-refractivity contribution >= 4 is 15.7 Å². The number of nitro groups is 1. The Morgan fingerprint density at radius 2 is 2.00 bits per heavy atom. The van der Waals surface area contributed by atoms with E-state index >= 15 is 0 Å². The summed E-state index contributed by atoms with van der Waals surface area (Å²) in [6, 6.07) is 2.85. The van der Waals surface area contributed by atoms with E-state index in [-0.39, 0.29) is 6.04 Å². The van der Waals surface area contributed by atoms with Gasteiger partial charge in [0.05, 0.1) is 4.92 Å². The number of halogens is 1. The van der Waals surface area contributed by atoms with Crippen LogP contribution in [0.4, 0.5) is 10.1 Å². The van der Waals surface area contributed by atoms with Crippen LogP contribution in [0.2, 0.25) is 0 Å². The van der Waals surface area contributed by atoms with Gasteiger partial charge in [0.15, 0.2) is 4.90 Å². The van der Waals surface area contributed by atoms with E-state index in [1.54, 1.807) is 0 Å². The predicted octanol–water partition coefficient (Wildman–Crippen LogP) is 1.11. The zero-order valence-electron chi connectivity index (χ0n) is 11.5. The lowest BCUT2D eigenvalue weighted by Gasteiger charge is -2.30.